The number of aryl methyl sites for hydroxylation is 1. The molecule has 3 rings (SSSR count). The van der Waals surface area contributed by atoms with E-state index in [4.69, 9.17) is 0 Å². The first kappa shape index (κ1) is 22.8. The summed E-state index contributed by atoms with van der Waals surface area (Å²) < 4.78 is 55.1. The summed E-state index contributed by atoms with van der Waals surface area (Å²) in [5.41, 5.74) is 1.44. The first-order valence-electron chi connectivity index (χ1n) is 10.5. The van der Waals surface area contributed by atoms with E-state index >= 15 is 0 Å². The van der Waals surface area contributed by atoms with Crippen LogP contribution in [0.1, 0.15) is 51.0 Å². The van der Waals surface area contributed by atoms with Crippen molar-refractivity contribution in [3.63, 3.8) is 0 Å². The number of nitrogens with zero attached hydrogens (tertiary/aromatic N) is 1. The molecule has 164 valence electrons. The third-order valence-corrected chi connectivity index (χ3v) is 8.67. The van der Waals surface area contributed by atoms with Gasteiger partial charge in [0.25, 0.3) is 10.0 Å². The maximum atomic E-state index is 12.9. The molecular formula is C22H30N2O4S2. The Hall–Kier alpha value is -1.90. The van der Waals surface area contributed by atoms with Crippen molar-refractivity contribution in [2.45, 2.75) is 61.7 Å². The van der Waals surface area contributed by atoms with Crippen molar-refractivity contribution in [1.82, 2.24) is 4.31 Å². The van der Waals surface area contributed by atoms with Crippen molar-refractivity contribution in [3.8, 4) is 0 Å². The molecule has 0 amide bonds. The monoisotopic (exact) mass is 450 g/mol. The first-order chi connectivity index (χ1) is 14.3. The van der Waals surface area contributed by atoms with E-state index in [2.05, 4.69) is 11.6 Å². The van der Waals surface area contributed by atoms with E-state index in [1.807, 2.05) is 12.1 Å². The summed E-state index contributed by atoms with van der Waals surface area (Å²) in [6, 6.07) is 12.8. The zero-order valence-corrected chi connectivity index (χ0v) is 19.0. The quantitative estimate of drug-likeness (QED) is 0.646. The zero-order chi connectivity index (χ0) is 21.6. The Labute approximate surface area is 180 Å². The lowest BCUT2D eigenvalue weighted by molar-refractivity contribution is 0.424. The Morgan fingerprint density at radius 2 is 1.37 bits per heavy atom. The van der Waals surface area contributed by atoms with E-state index in [-0.39, 0.29) is 9.79 Å². The molecule has 1 aliphatic rings. The number of nitrogens with one attached hydrogen (secondary N) is 1. The Balaban J connectivity index is 1.71. The molecule has 0 unspecified atom stereocenters. The molecule has 0 aromatic heterocycles. The maximum absolute atomic E-state index is 12.9. The predicted molar refractivity (Wildman–Crippen MR) is 120 cm³/mol. The Kier molecular flexibility index (Phi) is 7.55. The lowest BCUT2D eigenvalue weighted by Crippen LogP contribution is -2.31. The standard InChI is InChI=1S/C22H30N2O4S2/c1-2-3-8-19-9-13-21(14-10-19)29(25,26)23-20-11-15-22(16-12-20)30(27,28)24-17-6-4-5-7-18-24/h9-16,23H,2-8,17-18H2,1H3. The van der Waals surface area contributed by atoms with Crippen molar-refractivity contribution in [3.05, 3.63) is 54.1 Å². The van der Waals surface area contributed by atoms with Gasteiger partial charge in [-0.15, -0.1) is 0 Å². The third-order valence-electron chi connectivity index (χ3n) is 5.36. The summed E-state index contributed by atoms with van der Waals surface area (Å²) in [6.07, 6.45) is 6.92. The van der Waals surface area contributed by atoms with Crippen LogP contribution in [0.4, 0.5) is 5.69 Å². The van der Waals surface area contributed by atoms with Crippen LogP contribution in [0.3, 0.4) is 0 Å². The zero-order valence-electron chi connectivity index (χ0n) is 17.4. The number of benzene rings is 2. The minimum absolute atomic E-state index is 0.184. The summed E-state index contributed by atoms with van der Waals surface area (Å²) in [5.74, 6) is 0. The van der Waals surface area contributed by atoms with Crippen LogP contribution in [0.25, 0.3) is 0 Å². The van der Waals surface area contributed by atoms with Gasteiger partial charge in [0.05, 0.1) is 9.79 Å². The molecule has 0 bridgehead atoms. The van der Waals surface area contributed by atoms with Gasteiger partial charge < -0.3 is 0 Å². The molecule has 1 saturated heterocycles. The molecule has 0 radical (unpaired) electrons. The Morgan fingerprint density at radius 3 is 1.93 bits per heavy atom. The van der Waals surface area contributed by atoms with Gasteiger partial charge >= 0.3 is 0 Å². The molecule has 1 N–H and O–H groups in total. The fourth-order valence-corrected chi connectivity index (χ4v) is 6.13. The molecule has 1 heterocycles. The van der Waals surface area contributed by atoms with Crippen molar-refractivity contribution >= 4 is 25.7 Å². The normalized spacial score (nSPS) is 16.2. The second-order valence-corrected chi connectivity index (χ2v) is 11.3. The van der Waals surface area contributed by atoms with Gasteiger partial charge in [-0.2, -0.15) is 4.31 Å². The van der Waals surface area contributed by atoms with E-state index in [1.165, 1.54) is 28.6 Å². The van der Waals surface area contributed by atoms with Gasteiger partial charge in [-0.05, 0) is 67.6 Å². The molecule has 30 heavy (non-hydrogen) atoms. The van der Waals surface area contributed by atoms with Crippen LogP contribution in [-0.2, 0) is 26.5 Å². The highest BCUT2D eigenvalue weighted by molar-refractivity contribution is 7.92. The number of sulfonamides is 2. The number of rotatable bonds is 8. The van der Waals surface area contributed by atoms with Crippen LogP contribution in [0.15, 0.2) is 58.3 Å². The Morgan fingerprint density at radius 1 is 0.800 bits per heavy atom. The van der Waals surface area contributed by atoms with Crippen molar-refractivity contribution in [2.24, 2.45) is 0 Å². The molecule has 6 nitrogen and oxygen atoms in total. The van der Waals surface area contributed by atoms with Crippen LogP contribution in [0.2, 0.25) is 0 Å². The van der Waals surface area contributed by atoms with Gasteiger partial charge in [0.15, 0.2) is 0 Å². The SMILES string of the molecule is CCCCc1ccc(S(=O)(=O)Nc2ccc(S(=O)(=O)N3CCCCCC3)cc2)cc1. The van der Waals surface area contributed by atoms with Gasteiger partial charge in [-0.1, -0.05) is 38.3 Å². The Bertz CT molecular complexity index is 1020. The molecule has 0 spiro atoms. The largest absolute Gasteiger partial charge is 0.280 e. The summed E-state index contributed by atoms with van der Waals surface area (Å²) in [6.45, 7) is 3.18. The van der Waals surface area contributed by atoms with Gasteiger partial charge in [0.1, 0.15) is 0 Å². The van der Waals surface area contributed by atoms with Gasteiger partial charge in [-0.3, -0.25) is 4.72 Å². The molecular weight excluding hydrogens is 420 g/mol. The van der Waals surface area contributed by atoms with Crippen molar-refractivity contribution in [2.75, 3.05) is 17.8 Å². The van der Waals surface area contributed by atoms with Crippen LogP contribution in [0, 0.1) is 0 Å². The summed E-state index contributed by atoms with van der Waals surface area (Å²) >= 11 is 0. The average molecular weight is 451 g/mol. The van der Waals surface area contributed by atoms with E-state index in [9.17, 15) is 16.8 Å². The van der Waals surface area contributed by atoms with Crippen LogP contribution >= 0.6 is 0 Å². The number of unbranched alkanes of at least 4 members (excludes halogenated alkanes) is 1. The van der Waals surface area contributed by atoms with E-state index in [0.29, 0.717) is 18.8 Å². The minimum Gasteiger partial charge on any atom is -0.280 e. The molecule has 1 aliphatic heterocycles. The van der Waals surface area contributed by atoms with Crippen LogP contribution in [-0.4, -0.2) is 34.2 Å². The topological polar surface area (TPSA) is 83.5 Å². The summed E-state index contributed by atoms with van der Waals surface area (Å²) in [5, 5.41) is 0. The van der Waals surface area contributed by atoms with E-state index in [1.54, 1.807) is 12.1 Å². The van der Waals surface area contributed by atoms with Crippen molar-refractivity contribution in [1.29, 1.82) is 0 Å². The summed E-state index contributed by atoms with van der Waals surface area (Å²) in [4.78, 5) is 0.372. The highest BCUT2D eigenvalue weighted by Gasteiger charge is 2.25. The number of hydrogen-bond acceptors (Lipinski definition) is 4. The van der Waals surface area contributed by atoms with Crippen molar-refractivity contribution < 1.29 is 16.8 Å². The summed E-state index contributed by atoms with van der Waals surface area (Å²) in [7, 11) is -7.29. The molecule has 0 atom stereocenters. The highest BCUT2D eigenvalue weighted by atomic mass is 32.2. The molecule has 2 aromatic rings. The van der Waals surface area contributed by atoms with E-state index in [0.717, 1.165) is 50.5 Å². The van der Waals surface area contributed by atoms with E-state index < -0.39 is 20.0 Å². The van der Waals surface area contributed by atoms with Crippen LogP contribution in [0.5, 0.6) is 0 Å². The van der Waals surface area contributed by atoms with Crippen LogP contribution < -0.4 is 4.72 Å². The number of hydrogen-bond donors (Lipinski definition) is 1. The fourth-order valence-electron chi connectivity index (χ4n) is 3.56. The highest BCUT2D eigenvalue weighted by Crippen LogP contribution is 2.23. The average Bonchev–Trinajstić information content (AvgIpc) is 3.03. The van der Waals surface area contributed by atoms with Gasteiger partial charge in [-0.25, -0.2) is 16.8 Å². The molecule has 0 saturated carbocycles. The van der Waals surface area contributed by atoms with Gasteiger partial charge in [0.2, 0.25) is 10.0 Å². The first-order valence-corrected chi connectivity index (χ1v) is 13.5. The maximum Gasteiger partial charge on any atom is 0.261 e. The second-order valence-electron chi connectivity index (χ2n) is 7.70. The lowest BCUT2D eigenvalue weighted by Gasteiger charge is -2.20. The minimum atomic E-state index is -3.73. The molecule has 2 aromatic carbocycles. The lowest BCUT2D eigenvalue weighted by atomic mass is 10.1. The van der Waals surface area contributed by atoms with Gasteiger partial charge in [0, 0.05) is 18.8 Å². The fraction of sp³-hybridized carbons (Fsp3) is 0.455. The number of anilines is 1. The molecule has 8 heteroatoms. The molecule has 1 fully saturated rings. The third kappa shape index (κ3) is 5.62. The smallest absolute Gasteiger partial charge is 0.261 e. The predicted octanol–water partition coefficient (Wildman–Crippen LogP) is 4.39. The molecule has 0 aliphatic carbocycles. The second kappa shape index (κ2) is 9.94.